The van der Waals surface area contributed by atoms with Crippen LogP contribution in [0.1, 0.15) is 19.3 Å². The van der Waals surface area contributed by atoms with E-state index in [9.17, 15) is 0 Å². The number of aliphatic hydroxyl groups is 1. The molecule has 0 amide bonds. The number of aromatic nitrogens is 2. The van der Waals surface area contributed by atoms with E-state index in [2.05, 4.69) is 10.00 Å². The molecule has 2 rings (SSSR count). The summed E-state index contributed by atoms with van der Waals surface area (Å²) in [5, 5.41) is 13.2. The van der Waals surface area contributed by atoms with Crippen LogP contribution in [-0.2, 0) is 6.54 Å². The van der Waals surface area contributed by atoms with Gasteiger partial charge in [-0.05, 0) is 18.9 Å². The Labute approximate surface area is 90.5 Å². The Morgan fingerprint density at radius 1 is 1.40 bits per heavy atom. The van der Waals surface area contributed by atoms with Crippen LogP contribution < -0.4 is 0 Å². The van der Waals surface area contributed by atoms with Gasteiger partial charge in [0.1, 0.15) is 0 Å². The number of nitrogens with zero attached hydrogens (tertiary/aromatic N) is 3. The number of aliphatic hydroxyl groups excluding tert-OH is 1. The molecule has 0 aliphatic heterocycles. The van der Waals surface area contributed by atoms with Gasteiger partial charge in [0.15, 0.2) is 0 Å². The van der Waals surface area contributed by atoms with E-state index >= 15 is 0 Å². The molecule has 1 aliphatic rings. The molecule has 0 bridgehead atoms. The molecule has 1 aromatic heterocycles. The molecular weight excluding hydrogens is 190 g/mol. The molecule has 84 valence electrons. The second-order valence-electron chi connectivity index (χ2n) is 4.11. The van der Waals surface area contributed by atoms with E-state index in [1.165, 1.54) is 19.3 Å². The fraction of sp³-hybridized carbons (Fsp3) is 0.727. The van der Waals surface area contributed by atoms with Crippen LogP contribution in [0.15, 0.2) is 18.5 Å². The largest absolute Gasteiger partial charge is 0.395 e. The normalized spacial score (nSPS) is 16.9. The molecule has 0 unspecified atom stereocenters. The molecule has 15 heavy (non-hydrogen) atoms. The van der Waals surface area contributed by atoms with Crippen LogP contribution in [0.3, 0.4) is 0 Å². The van der Waals surface area contributed by atoms with Gasteiger partial charge in [-0.1, -0.05) is 6.42 Å². The first-order valence-electron chi connectivity index (χ1n) is 5.72. The minimum Gasteiger partial charge on any atom is -0.395 e. The number of rotatable bonds is 6. The molecule has 1 heterocycles. The summed E-state index contributed by atoms with van der Waals surface area (Å²) in [7, 11) is 0. The van der Waals surface area contributed by atoms with Crippen molar-refractivity contribution in [3.05, 3.63) is 18.5 Å². The van der Waals surface area contributed by atoms with Crippen molar-refractivity contribution in [3.8, 4) is 0 Å². The maximum atomic E-state index is 9.00. The van der Waals surface area contributed by atoms with Gasteiger partial charge in [-0.15, -0.1) is 0 Å². The van der Waals surface area contributed by atoms with Crippen LogP contribution in [0, 0.1) is 0 Å². The van der Waals surface area contributed by atoms with Crippen LogP contribution >= 0.6 is 0 Å². The Morgan fingerprint density at radius 2 is 2.27 bits per heavy atom. The van der Waals surface area contributed by atoms with Gasteiger partial charge in [0.05, 0.1) is 13.2 Å². The third-order valence-electron chi connectivity index (χ3n) is 3.15. The van der Waals surface area contributed by atoms with E-state index in [1.54, 1.807) is 6.20 Å². The number of hydrogen-bond donors (Lipinski definition) is 1. The second-order valence-corrected chi connectivity index (χ2v) is 4.11. The lowest BCUT2D eigenvalue weighted by Gasteiger charge is -2.37. The van der Waals surface area contributed by atoms with Gasteiger partial charge in [0, 0.05) is 31.5 Å². The highest BCUT2D eigenvalue weighted by atomic mass is 16.3. The van der Waals surface area contributed by atoms with Crippen molar-refractivity contribution < 1.29 is 5.11 Å². The van der Waals surface area contributed by atoms with E-state index in [1.807, 2.05) is 16.9 Å². The Balaban J connectivity index is 1.78. The van der Waals surface area contributed by atoms with E-state index in [0.29, 0.717) is 6.04 Å². The van der Waals surface area contributed by atoms with E-state index in [0.717, 1.165) is 19.6 Å². The first-order chi connectivity index (χ1) is 7.40. The van der Waals surface area contributed by atoms with E-state index in [4.69, 9.17) is 5.11 Å². The summed E-state index contributed by atoms with van der Waals surface area (Å²) in [6.45, 7) is 2.97. The maximum absolute atomic E-state index is 9.00. The van der Waals surface area contributed by atoms with Crippen molar-refractivity contribution in [1.82, 2.24) is 14.7 Å². The molecule has 0 radical (unpaired) electrons. The molecule has 0 aromatic carbocycles. The van der Waals surface area contributed by atoms with Crippen LogP contribution in [0.5, 0.6) is 0 Å². The highest BCUT2D eigenvalue weighted by Crippen LogP contribution is 2.24. The van der Waals surface area contributed by atoms with Crippen molar-refractivity contribution >= 4 is 0 Å². The highest BCUT2D eigenvalue weighted by molar-refractivity contribution is 4.81. The summed E-state index contributed by atoms with van der Waals surface area (Å²) in [6, 6.07) is 2.65. The lowest BCUT2D eigenvalue weighted by atomic mass is 9.91. The van der Waals surface area contributed by atoms with Crippen molar-refractivity contribution in [1.29, 1.82) is 0 Å². The molecule has 0 spiro atoms. The predicted molar refractivity (Wildman–Crippen MR) is 58.5 cm³/mol. The second kappa shape index (κ2) is 5.28. The minimum atomic E-state index is 0.260. The average molecular weight is 209 g/mol. The smallest absolute Gasteiger partial charge is 0.0558 e. The van der Waals surface area contributed by atoms with Crippen LogP contribution in [0.4, 0.5) is 0 Å². The molecule has 0 atom stereocenters. The Kier molecular flexibility index (Phi) is 3.75. The highest BCUT2D eigenvalue weighted by Gasteiger charge is 2.23. The van der Waals surface area contributed by atoms with Crippen LogP contribution in [-0.4, -0.2) is 45.5 Å². The van der Waals surface area contributed by atoms with Gasteiger partial charge in [-0.2, -0.15) is 5.10 Å². The molecule has 1 aromatic rings. The Bertz CT molecular complexity index is 269. The summed E-state index contributed by atoms with van der Waals surface area (Å²) >= 11 is 0. The minimum absolute atomic E-state index is 0.260. The zero-order chi connectivity index (χ0) is 10.5. The van der Waals surface area contributed by atoms with Crippen molar-refractivity contribution in [2.75, 3.05) is 19.7 Å². The lowest BCUT2D eigenvalue weighted by Crippen LogP contribution is -2.43. The summed E-state index contributed by atoms with van der Waals surface area (Å²) in [6.07, 6.45) is 7.71. The van der Waals surface area contributed by atoms with Gasteiger partial charge in [-0.3, -0.25) is 9.58 Å². The molecular formula is C11H19N3O. The molecule has 1 fully saturated rings. The SMILES string of the molecule is OCCN(CCn1cccn1)C1CCC1. The standard InChI is InChI=1S/C11H19N3O/c15-10-9-13(11-3-1-4-11)7-8-14-6-2-5-12-14/h2,5-6,11,15H,1,3-4,7-10H2. The van der Waals surface area contributed by atoms with Gasteiger partial charge >= 0.3 is 0 Å². The Hall–Kier alpha value is -0.870. The summed E-state index contributed by atoms with van der Waals surface area (Å²) in [4.78, 5) is 2.38. The van der Waals surface area contributed by atoms with Crippen molar-refractivity contribution in [2.24, 2.45) is 0 Å². The first-order valence-corrected chi connectivity index (χ1v) is 5.72. The zero-order valence-corrected chi connectivity index (χ0v) is 9.05. The van der Waals surface area contributed by atoms with Crippen LogP contribution in [0.25, 0.3) is 0 Å². The maximum Gasteiger partial charge on any atom is 0.0558 e. The van der Waals surface area contributed by atoms with Gasteiger partial charge in [0.2, 0.25) is 0 Å². The van der Waals surface area contributed by atoms with Gasteiger partial charge < -0.3 is 5.11 Å². The predicted octanol–water partition coefficient (Wildman–Crippen LogP) is 0.730. The summed E-state index contributed by atoms with van der Waals surface area (Å²) in [5.74, 6) is 0. The zero-order valence-electron chi connectivity index (χ0n) is 9.05. The topological polar surface area (TPSA) is 41.3 Å². The fourth-order valence-electron chi connectivity index (χ4n) is 2.02. The quantitative estimate of drug-likeness (QED) is 0.751. The molecule has 0 saturated heterocycles. The first kappa shape index (κ1) is 10.6. The lowest BCUT2D eigenvalue weighted by molar-refractivity contribution is 0.0967. The molecule has 4 heteroatoms. The van der Waals surface area contributed by atoms with Gasteiger partial charge in [0.25, 0.3) is 0 Å². The van der Waals surface area contributed by atoms with Crippen molar-refractivity contribution in [3.63, 3.8) is 0 Å². The fourth-order valence-corrected chi connectivity index (χ4v) is 2.02. The molecule has 1 aliphatic carbocycles. The number of hydrogen-bond acceptors (Lipinski definition) is 3. The van der Waals surface area contributed by atoms with E-state index in [-0.39, 0.29) is 6.61 Å². The average Bonchev–Trinajstić information content (AvgIpc) is 2.64. The molecule has 4 nitrogen and oxygen atoms in total. The summed E-state index contributed by atoms with van der Waals surface area (Å²) in [5.41, 5.74) is 0. The molecule has 1 saturated carbocycles. The molecule has 1 N–H and O–H groups in total. The van der Waals surface area contributed by atoms with Gasteiger partial charge in [-0.25, -0.2) is 0 Å². The third-order valence-corrected chi connectivity index (χ3v) is 3.15. The Morgan fingerprint density at radius 3 is 2.80 bits per heavy atom. The van der Waals surface area contributed by atoms with E-state index < -0.39 is 0 Å². The monoisotopic (exact) mass is 209 g/mol. The van der Waals surface area contributed by atoms with Crippen molar-refractivity contribution in [2.45, 2.75) is 31.8 Å². The third kappa shape index (κ3) is 2.79. The van der Waals surface area contributed by atoms with Crippen LogP contribution in [0.2, 0.25) is 0 Å². The summed E-state index contributed by atoms with van der Waals surface area (Å²) < 4.78 is 1.95.